The summed E-state index contributed by atoms with van der Waals surface area (Å²) in [4.78, 5) is 0. The minimum absolute atomic E-state index is 0.157. The van der Waals surface area contributed by atoms with Gasteiger partial charge < -0.3 is 5.11 Å². The fraction of sp³-hybridized carbons (Fsp3) is 0.500. The summed E-state index contributed by atoms with van der Waals surface area (Å²) in [5, 5.41) is 10.6. The third-order valence-electron chi connectivity index (χ3n) is 3.09. The Morgan fingerprint density at radius 3 is 2.71 bits per heavy atom. The first-order valence-electron chi connectivity index (χ1n) is 5.12. The molecule has 0 amide bonds. The molecule has 14 heavy (non-hydrogen) atoms. The molecule has 0 spiro atoms. The van der Waals surface area contributed by atoms with Gasteiger partial charge in [-0.2, -0.15) is 0 Å². The summed E-state index contributed by atoms with van der Waals surface area (Å²) < 4.78 is 0. The van der Waals surface area contributed by atoms with Crippen molar-refractivity contribution in [2.45, 2.75) is 38.2 Å². The third kappa shape index (κ3) is 1.79. The molecule has 76 valence electrons. The first-order chi connectivity index (χ1) is 6.68. The van der Waals surface area contributed by atoms with Gasteiger partial charge in [0.05, 0.1) is 6.10 Å². The van der Waals surface area contributed by atoms with Gasteiger partial charge >= 0.3 is 0 Å². The van der Waals surface area contributed by atoms with Crippen LogP contribution in [0.3, 0.4) is 0 Å². The Morgan fingerprint density at radius 1 is 1.36 bits per heavy atom. The van der Waals surface area contributed by atoms with Crippen LogP contribution in [0.1, 0.15) is 36.3 Å². The van der Waals surface area contributed by atoms with Gasteiger partial charge in [0.2, 0.25) is 0 Å². The Morgan fingerprint density at radius 2 is 2.14 bits per heavy atom. The van der Waals surface area contributed by atoms with Crippen LogP contribution >= 0.6 is 11.6 Å². The van der Waals surface area contributed by atoms with Crippen molar-refractivity contribution < 1.29 is 5.11 Å². The molecule has 1 aromatic rings. The van der Waals surface area contributed by atoms with Crippen LogP contribution < -0.4 is 0 Å². The molecule has 1 aliphatic carbocycles. The van der Waals surface area contributed by atoms with E-state index in [9.17, 15) is 5.11 Å². The Hall–Kier alpha value is -0.530. The molecule has 2 atom stereocenters. The van der Waals surface area contributed by atoms with Crippen molar-refractivity contribution in [3.05, 3.63) is 34.3 Å². The molecule has 2 heteroatoms. The van der Waals surface area contributed by atoms with Crippen LogP contribution in [-0.2, 0) is 0 Å². The molecule has 1 aromatic carbocycles. The van der Waals surface area contributed by atoms with Gasteiger partial charge in [0.15, 0.2) is 0 Å². The quantitative estimate of drug-likeness (QED) is 0.755. The maximum atomic E-state index is 9.77. The van der Waals surface area contributed by atoms with Crippen molar-refractivity contribution >= 4 is 11.6 Å². The lowest BCUT2D eigenvalue weighted by Crippen LogP contribution is -2.10. The van der Waals surface area contributed by atoms with Crippen molar-refractivity contribution in [2.24, 2.45) is 0 Å². The van der Waals surface area contributed by atoms with Gasteiger partial charge in [0.1, 0.15) is 0 Å². The summed E-state index contributed by atoms with van der Waals surface area (Å²) in [6.07, 6.45) is 3.01. The van der Waals surface area contributed by atoms with E-state index in [1.807, 2.05) is 19.1 Å². The first kappa shape index (κ1) is 10.0. The standard InChI is InChI=1S/C12H15ClO/c1-8-7-9(5-6-11(8)13)10-3-2-4-12(10)14/h5-7,10,12,14H,2-4H2,1H3/t10-,12+/m1/s1. The number of benzene rings is 1. The number of rotatable bonds is 1. The van der Waals surface area contributed by atoms with Crippen LogP contribution in [0.4, 0.5) is 0 Å². The zero-order valence-corrected chi connectivity index (χ0v) is 9.09. The number of halogens is 1. The zero-order valence-electron chi connectivity index (χ0n) is 8.33. The zero-order chi connectivity index (χ0) is 10.1. The van der Waals surface area contributed by atoms with E-state index in [0.717, 1.165) is 29.8 Å². The predicted octanol–water partition coefficient (Wildman–Crippen LogP) is 3.28. The summed E-state index contributed by atoms with van der Waals surface area (Å²) in [5.74, 6) is 0.325. The summed E-state index contributed by atoms with van der Waals surface area (Å²) in [6, 6.07) is 6.06. The summed E-state index contributed by atoms with van der Waals surface area (Å²) in [6.45, 7) is 2.01. The highest BCUT2D eigenvalue weighted by Gasteiger charge is 2.26. The fourth-order valence-electron chi connectivity index (χ4n) is 2.23. The summed E-state index contributed by atoms with van der Waals surface area (Å²) in [5.41, 5.74) is 2.33. The number of aryl methyl sites for hydroxylation is 1. The van der Waals surface area contributed by atoms with Crippen LogP contribution in [0.25, 0.3) is 0 Å². The monoisotopic (exact) mass is 210 g/mol. The Labute approximate surface area is 89.7 Å². The minimum atomic E-state index is -0.157. The molecule has 1 aliphatic rings. The van der Waals surface area contributed by atoms with Crippen molar-refractivity contribution in [3.63, 3.8) is 0 Å². The molecular weight excluding hydrogens is 196 g/mol. The van der Waals surface area contributed by atoms with Gasteiger partial charge in [-0.15, -0.1) is 0 Å². The number of aliphatic hydroxyl groups is 1. The molecule has 1 N–H and O–H groups in total. The molecule has 0 radical (unpaired) electrons. The lowest BCUT2D eigenvalue weighted by molar-refractivity contribution is 0.164. The van der Waals surface area contributed by atoms with E-state index in [1.165, 1.54) is 5.56 Å². The van der Waals surface area contributed by atoms with Gasteiger partial charge in [0.25, 0.3) is 0 Å². The second-order valence-electron chi connectivity index (χ2n) is 4.11. The molecule has 2 rings (SSSR count). The van der Waals surface area contributed by atoms with Crippen LogP contribution in [0, 0.1) is 6.92 Å². The highest BCUT2D eigenvalue weighted by molar-refractivity contribution is 6.31. The molecule has 0 bridgehead atoms. The average Bonchev–Trinajstić information content (AvgIpc) is 2.57. The molecule has 1 fully saturated rings. The molecular formula is C12H15ClO. The largest absolute Gasteiger partial charge is 0.392 e. The van der Waals surface area contributed by atoms with E-state index in [0.29, 0.717) is 5.92 Å². The number of aliphatic hydroxyl groups excluding tert-OH is 1. The number of hydrogen-bond acceptors (Lipinski definition) is 1. The first-order valence-corrected chi connectivity index (χ1v) is 5.50. The molecule has 0 saturated heterocycles. The van der Waals surface area contributed by atoms with E-state index in [4.69, 9.17) is 11.6 Å². The Kier molecular flexibility index (Phi) is 2.80. The average molecular weight is 211 g/mol. The van der Waals surface area contributed by atoms with Crippen LogP contribution in [0.5, 0.6) is 0 Å². The SMILES string of the molecule is Cc1cc([C@H]2CCC[C@@H]2O)ccc1Cl. The van der Waals surface area contributed by atoms with E-state index in [1.54, 1.807) is 0 Å². The van der Waals surface area contributed by atoms with Crippen molar-refractivity contribution in [1.82, 2.24) is 0 Å². The second kappa shape index (κ2) is 3.92. The van der Waals surface area contributed by atoms with Gasteiger partial charge in [-0.25, -0.2) is 0 Å². The third-order valence-corrected chi connectivity index (χ3v) is 3.51. The Balaban J connectivity index is 2.28. The van der Waals surface area contributed by atoms with Crippen molar-refractivity contribution in [2.75, 3.05) is 0 Å². The van der Waals surface area contributed by atoms with E-state index >= 15 is 0 Å². The molecule has 0 aromatic heterocycles. The van der Waals surface area contributed by atoms with Crippen LogP contribution in [0.2, 0.25) is 5.02 Å². The van der Waals surface area contributed by atoms with Crippen molar-refractivity contribution in [1.29, 1.82) is 0 Å². The second-order valence-corrected chi connectivity index (χ2v) is 4.52. The molecule has 0 heterocycles. The van der Waals surface area contributed by atoms with E-state index in [2.05, 4.69) is 6.07 Å². The number of hydrogen-bond donors (Lipinski definition) is 1. The van der Waals surface area contributed by atoms with Gasteiger partial charge in [0, 0.05) is 10.9 Å². The summed E-state index contributed by atoms with van der Waals surface area (Å²) in [7, 11) is 0. The van der Waals surface area contributed by atoms with Gasteiger partial charge in [-0.1, -0.05) is 30.2 Å². The van der Waals surface area contributed by atoms with E-state index < -0.39 is 0 Å². The molecule has 1 nitrogen and oxygen atoms in total. The van der Waals surface area contributed by atoms with Crippen LogP contribution in [0.15, 0.2) is 18.2 Å². The van der Waals surface area contributed by atoms with E-state index in [-0.39, 0.29) is 6.10 Å². The fourth-order valence-corrected chi connectivity index (χ4v) is 2.35. The maximum Gasteiger partial charge on any atom is 0.0608 e. The lowest BCUT2D eigenvalue weighted by Gasteiger charge is -2.15. The smallest absolute Gasteiger partial charge is 0.0608 e. The molecule has 1 saturated carbocycles. The summed E-state index contributed by atoms with van der Waals surface area (Å²) >= 11 is 5.96. The normalized spacial score (nSPS) is 26.8. The topological polar surface area (TPSA) is 20.2 Å². The molecule has 0 unspecified atom stereocenters. The van der Waals surface area contributed by atoms with Crippen LogP contribution in [-0.4, -0.2) is 11.2 Å². The Bertz CT molecular complexity index is 335. The highest BCUT2D eigenvalue weighted by atomic mass is 35.5. The molecule has 0 aliphatic heterocycles. The van der Waals surface area contributed by atoms with Gasteiger partial charge in [-0.05, 0) is 37.0 Å². The van der Waals surface area contributed by atoms with Gasteiger partial charge in [-0.3, -0.25) is 0 Å². The lowest BCUT2D eigenvalue weighted by atomic mass is 9.94. The maximum absolute atomic E-state index is 9.77. The van der Waals surface area contributed by atoms with Crippen molar-refractivity contribution in [3.8, 4) is 0 Å². The predicted molar refractivity (Wildman–Crippen MR) is 58.8 cm³/mol. The highest BCUT2D eigenvalue weighted by Crippen LogP contribution is 2.35. The minimum Gasteiger partial charge on any atom is -0.392 e.